The summed E-state index contributed by atoms with van der Waals surface area (Å²) in [6, 6.07) is 9.95. The molecule has 0 radical (unpaired) electrons. The van der Waals surface area contributed by atoms with Crippen LogP contribution in [0.2, 0.25) is 10.0 Å². The highest BCUT2D eigenvalue weighted by Gasteiger charge is 2.12. The van der Waals surface area contributed by atoms with Crippen LogP contribution in [0.1, 0.15) is 10.4 Å². The van der Waals surface area contributed by atoms with Crippen molar-refractivity contribution in [2.45, 2.75) is 0 Å². The number of hydrogen-bond donors (Lipinski definition) is 0. The monoisotopic (exact) mass is 325 g/mol. The molecule has 0 bridgehead atoms. The molecule has 3 nitrogen and oxygen atoms in total. The fraction of sp³-hybridized carbons (Fsp3) is 0. The SMILES string of the molecule is O=C(Cl)c1cccc(-c2nc3cc(Cl)c(Cl)cc3o2)c1. The molecule has 2 aromatic carbocycles. The number of aromatic nitrogens is 1. The number of nitrogens with zero attached hydrogens (tertiary/aromatic N) is 1. The van der Waals surface area contributed by atoms with E-state index >= 15 is 0 Å². The third kappa shape index (κ3) is 2.40. The van der Waals surface area contributed by atoms with Crippen molar-refractivity contribution in [2.24, 2.45) is 0 Å². The van der Waals surface area contributed by atoms with Crippen molar-refractivity contribution in [3.63, 3.8) is 0 Å². The predicted octanol–water partition coefficient (Wildman–Crippen LogP) is 5.18. The summed E-state index contributed by atoms with van der Waals surface area (Å²) in [5.74, 6) is 0.373. The van der Waals surface area contributed by atoms with E-state index in [1.54, 1.807) is 36.4 Å². The molecule has 20 heavy (non-hydrogen) atoms. The van der Waals surface area contributed by atoms with E-state index in [-0.39, 0.29) is 0 Å². The van der Waals surface area contributed by atoms with E-state index in [9.17, 15) is 4.79 Å². The molecule has 0 aliphatic heterocycles. The van der Waals surface area contributed by atoms with Gasteiger partial charge < -0.3 is 4.42 Å². The number of hydrogen-bond acceptors (Lipinski definition) is 3. The molecule has 0 aliphatic carbocycles. The van der Waals surface area contributed by atoms with Gasteiger partial charge in [-0.15, -0.1) is 0 Å². The molecule has 1 aromatic heterocycles. The highest BCUT2D eigenvalue weighted by atomic mass is 35.5. The molecule has 3 rings (SSSR count). The van der Waals surface area contributed by atoms with Crippen LogP contribution in [0.3, 0.4) is 0 Å². The van der Waals surface area contributed by atoms with Crippen molar-refractivity contribution < 1.29 is 9.21 Å². The van der Waals surface area contributed by atoms with Gasteiger partial charge in [0, 0.05) is 17.2 Å². The van der Waals surface area contributed by atoms with Crippen LogP contribution in [0, 0.1) is 0 Å². The van der Waals surface area contributed by atoms with Crippen LogP contribution in [0.5, 0.6) is 0 Å². The molecular formula is C14H6Cl3NO2. The van der Waals surface area contributed by atoms with Gasteiger partial charge in [-0.05, 0) is 29.8 Å². The molecule has 0 unspecified atom stereocenters. The van der Waals surface area contributed by atoms with Crippen LogP contribution in [0.4, 0.5) is 0 Å². The van der Waals surface area contributed by atoms with Crippen LogP contribution < -0.4 is 0 Å². The summed E-state index contributed by atoms with van der Waals surface area (Å²) < 4.78 is 5.62. The summed E-state index contributed by atoms with van der Waals surface area (Å²) in [7, 11) is 0. The van der Waals surface area contributed by atoms with E-state index in [4.69, 9.17) is 39.2 Å². The third-order valence-electron chi connectivity index (χ3n) is 2.77. The summed E-state index contributed by atoms with van der Waals surface area (Å²) in [4.78, 5) is 15.5. The van der Waals surface area contributed by atoms with Gasteiger partial charge in [0.25, 0.3) is 5.24 Å². The van der Waals surface area contributed by atoms with Crippen LogP contribution in [-0.4, -0.2) is 10.2 Å². The minimum Gasteiger partial charge on any atom is -0.436 e. The summed E-state index contributed by atoms with van der Waals surface area (Å²) in [5, 5.41) is 0.268. The number of carbonyl (C=O) groups is 1. The van der Waals surface area contributed by atoms with Crippen molar-refractivity contribution in [2.75, 3.05) is 0 Å². The smallest absolute Gasteiger partial charge is 0.252 e. The Morgan fingerprint density at radius 2 is 1.85 bits per heavy atom. The maximum absolute atomic E-state index is 11.2. The lowest BCUT2D eigenvalue weighted by Gasteiger charge is -1.97. The maximum atomic E-state index is 11.2. The number of rotatable bonds is 2. The maximum Gasteiger partial charge on any atom is 0.252 e. The zero-order valence-electron chi connectivity index (χ0n) is 9.86. The van der Waals surface area contributed by atoms with Gasteiger partial charge in [0.2, 0.25) is 5.89 Å². The second-order valence-corrected chi connectivity index (χ2v) is 5.27. The van der Waals surface area contributed by atoms with E-state index in [0.717, 1.165) is 0 Å². The Kier molecular flexibility index (Phi) is 3.42. The Bertz CT molecular complexity index is 787. The number of fused-ring (bicyclic) bond motifs is 1. The fourth-order valence-electron chi connectivity index (χ4n) is 1.82. The number of benzene rings is 2. The van der Waals surface area contributed by atoms with Gasteiger partial charge in [0.05, 0.1) is 10.0 Å². The molecule has 100 valence electrons. The summed E-state index contributed by atoms with van der Waals surface area (Å²) in [6.45, 7) is 0. The van der Waals surface area contributed by atoms with E-state index in [2.05, 4.69) is 4.98 Å². The number of carbonyl (C=O) groups excluding carboxylic acids is 1. The minimum absolute atomic E-state index is 0.373. The first-order valence-corrected chi connectivity index (χ1v) is 6.74. The summed E-state index contributed by atoms with van der Waals surface area (Å²) in [6.07, 6.45) is 0. The molecule has 0 amide bonds. The highest BCUT2D eigenvalue weighted by Crippen LogP contribution is 2.31. The normalized spacial score (nSPS) is 10.9. The first-order chi connectivity index (χ1) is 9.54. The van der Waals surface area contributed by atoms with Crippen molar-refractivity contribution in [3.05, 3.63) is 52.0 Å². The van der Waals surface area contributed by atoms with Crippen molar-refractivity contribution in [1.82, 2.24) is 4.98 Å². The Balaban J connectivity index is 2.15. The molecule has 0 fully saturated rings. The molecule has 0 aliphatic rings. The predicted molar refractivity (Wildman–Crippen MR) is 79.6 cm³/mol. The molecule has 0 saturated heterocycles. The van der Waals surface area contributed by atoms with Gasteiger partial charge in [-0.25, -0.2) is 4.98 Å². The Morgan fingerprint density at radius 3 is 2.60 bits per heavy atom. The van der Waals surface area contributed by atoms with Gasteiger partial charge in [0.15, 0.2) is 5.58 Å². The molecule has 1 heterocycles. The zero-order chi connectivity index (χ0) is 14.3. The van der Waals surface area contributed by atoms with Crippen LogP contribution in [0.25, 0.3) is 22.6 Å². The average Bonchev–Trinajstić information content (AvgIpc) is 2.82. The number of halogens is 3. The quantitative estimate of drug-likeness (QED) is 0.609. The number of oxazole rings is 1. The summed E-state index contributed by atoms with van der Waals surface area (Å²) in [5.41, 5.74) is 2.15. The van der Waals surface area contributed by atoms with Crippen LogP contribution >= 0.6 is 34.8 Å². The Morgan fingerprint density at radius 1 is 1.10 bits per heavy atom. The topological polar surface area (TPSA) is 43.1 Å². The third-order valence-corrected chi connectivity index (χ3v) is 3.71. The molecule has 0 atom stereocenters. The van der Waals surface area contributed by atoms with Crippen LogP contribution in [-0.2, 0) is 0 Å². The molecular weight excluding hydrogens is 321 g/mol. The van der Waals surface area contributed by atoms with Gasteiger partial charge in [-0.3, -0.25) is 4.79 Å². The zero-order valence-corrected chi connectivity index (χ0v) is 12.1. The van der Waals surface area contributed by atoms with E-state index in [1.165, 1.54) is 0 Å². The first-order valence-electron chi connectivity index (χ1n) is 5.60. The van der Waals surface area contributed by atoms with Gasteiger partial charge >= 0.3 is 0 Å². The van der Waals surface area contributed by atoms with Gasteiger partial charge in [-0.1, -0.05) is 35.3 Å². The highest BCUT2D eigenvalue weighted by molar-refractivity contribution is 6.67. The fourth-order valence-corrected chi connectivity index (χ4v) is 2.25. The second-order valence-electron chi connectivity index (χ2n) is 4.11. The first kappa shape index (κ1) is 13.4. The molecule has 0 spiro atoms. The average molecular weight is 327 g/mol. The van der Waals surface area contributed by atoms with Gasteiger partial charge in [-0.2, -0.15) is 0 Å². The minimum atomic E-state index is -0.533. The lowest BCUT2D eigenvalue weighted by atomic mass is 10.1. The van der Waals surface area contributed by atoms with Crippen LogP contribution in [0.15, 0.2) is 40.8 Å². The van der Waals surface area contributed by atoms with E-state index in [0.29, 0.717) is 38.2 Å². The largest absolute Gasteiger partial charge is 0.436 e. The van der Waals surface area contributed by atoms with Crippen molar-refractivity contribution in [3.8, 4) is 11.5 Å². The van der Waals surface area contributed by atoms with Gasteiger partial charge in [0.1, 0.15) is 5.52 Å². The second kappa shape index (κ2) is 5.09. The summed E-state index contributed by atoms with van der Waals surface area (Å²) >= 11 is 17.3. The molecule has 3 aromatic rings. The van der Waals surface area contributed by atoms with Crippen molar-refractivity contribution in [1.29, 1.82) is 0 Å². The molecule has 6 heteroatoms. The van der Waals surface area contributed by atoms with E-state index in [1.807, 2.05) is 0 Å². The molecule has 0 saturated carbocycles. The lowest BCUT2D eigenvalue weighted by molar-refractivity contribution is 0.108. The van der Waals surface area contributed by atoms with Crippen molar-refractivity contribution >= 4 is 51.1 Å². The lowest BCUT2D eigenvalue weighted by Crippen LogP contribution is -1.88. The van der Waals surface area contributed by atoms with E-state index < -0.39 is 5.24 Å². The standard InChI is InChI=1S/C14H6Cl3NO2/c15-9-5-11-12(6-10(9)16)20-14(18-11)8-3-1-2-7(4-8)13(17)19/h1-6H. The molecule has 0 N–H and O–H groups in total. The Hall–Kier alpha value is -1.55. The Labute approximate surface area is 129 Å².